The smallest absolute Gasteiger partial charge is 0.258 e. The molecule has 1 N–H and O–H groups in total. The van der Waals surface area contributed by atoms with Gasteiger partial charge >= 0.3 is 0 Å². The fourth-order valence-electron chi connectivity index (χ4n) is 3.23. The zero-order valence-corrected chi connectivity index (χ0v) is 14.2. The molecule has 1 aliphatic rings. The first kappa shape index (κ1) is 16.0. The first-order chi connectivity index (χ1) is 12.2. The van der Waals surface area contributed by atoms with Gasteiger partial charge in [-0.3, -0.25) is 14.4 Å². The number of aromatic nitrogens is 4. The zero-order chi connectivity index (χ0) is 17.2. The van der Waals surface area contributed by atoms with Crippen LogP contribution in [0, 0.1) is 6.92 Å². The molecule has 1 saturated heterocycles. The lowest BCUT2D eigenvalue weighted by Crippen LogP contribution is -2.44. The monoisotopic (exact) mass is 339 g/mol. The van der Waals surface area contributed by atoms with Gasteiger partial charge in [-0.25, -0.2) is 4.98 Å². The molecule has 0 saturated carbocycles. The lowest BCUT2D eigenvalue weighted by atomic mass is 10.2. The van der Waals surface area contributed by atoms with Crippen molar-refractivity contribution in [3.05, 3.63) is 58.4 Å². The van der Waals surface area contributed by atoms with Crippen LogP contribution in [0.2, 0.25) is 0 Å². The van der Waals surface area contributed by atoms with Gasteiger partial charge in [0, 0.05) is 19.3 Å². The van der Waals surface area contributed by atoms with Crippen molar-refractivity contribution >= 4 is 10.9 Å². The number of aromatic amines is 1. The van der Waals surface area contributed by atoms with Crippen molar-refractivity contribution in [3.63, 3.8) is 0 Å². The lowest BCUT2D eigenvalue weighted by molar-refractivity contribution is -0.0409. The maximum atomic E-state index is 12.2. The number of ether oxygens (including phenoxy) is 1. The molecule has 3 aromatic rings. The third-order valence-electron chi connectivity index (χ3n) is 4.41. The first-order valence-electron chi connectivity index (χ1n) is 8.48. The zero-order valence-electron chi connectivity index (χ0n) is 14.2. The van der Waals surface area contributed by atoms with E-state index in [0.29, 0.717) is 24.4 Å². The van der Waals surface area contributed by atoms with E-state index in [1.165, 1.54) is 0 Å². The summed E-state index contributed by atoms with van der Waals surface area (Å²) in [5, 5.41) is 4.95. The summed E-state index contributed by atoms with van der Waals surface area (Å²) in [4.78, 5) is 21.9. The Morgan fingerprint density at radius 2 is 2.24 bits per heavy atom. The average molecular weight is 339 g/mol. The molecule has 0 radical (unpaired) electrons. The van der Waals surface area contributed by atoms with Gasteiger partial charge in [0.25, 0.3) is 5.56 Å². The highest BCUT2D eigenvalue weighted by molar-refractivity contribution is 5.77. The predicted octanol–water partition coefficient (Wildman–Crippen LogP) is 1.33. The fourth-order valence-corrected chi connectivity index (χ4v) is 3.23. The fraction of sp³-hybridized carbons (Fsp3) is 0.389. The molecule has 130 valence electrons. The van der Waals surface area contributed by atoms with Crippen LogP contribution < -0.4 is 5.56 Å². The molecule has 7 nitrogen and oxygen atoms in total. The second-order valence-electron chi connectivity index (χ2n) is 6.50. The van der Waals surface area contributed by atoms with Gasteiger partial charge in [-0.2, -0.15) is 5.10 Å². The van der Waals surface area contributed by atoms with Crippen LogP contribution in [0.25, 0.3) is 10.9 Å². The number of fused-ring (bicyclic) bond motifs is 1. The molecule has 1 aliphatic heterocycles. The molecular weight excluding hydrogens is 318 g/mol. The van der Waals surface area contributed by atoms with Gasteiger partial charge in [-0.15, -0.1) is 0 Å². The van der Waals surface area contributed by atoms with E-state index in [9.17, 15) is 4.79 Å². The number of para-hydroxylation sites is 1. The van der Waals surface area contributed by atoms with Crippen molar-refractivity contribution in [2.45, 2.75) is 26.1 Å². The highest BCUT2D eigenvalue weighted by atomic mass is 16.5. The Balaban J connectivity index is 1.46. The maximum absolute atomic E-state index is 12.2. The second kappa shape index (κ2) is 6.78. The van der Waals surface area contributed by atoms with Gasteiger partial charge in [-0.05, 0) is 24.6 Å². The van der Waals surface area contributed by atoms with Crippen LogP contribution in [-0.2, 0) is 17.8 Å². The Hall–Kier alpha value is -2.51. The van der Waals surface area contributed by atoms with E-state index in [4.69, 9.17) is 4.74 Å². The molecule has 4 rings (SSSR count). The summed E-state index contributed by atoms with van der Waals surface area (Å²) in [6.45, 7) is 5.65. The van der Waals surface area contributed by atoms with E-state index in [-0.39, 0.29) is 11.7 Å². The Morgan fingerprint density at radius 3 is 3.08 bits per heavy atom. The topological polar surface area (TPSA) is 76.0 Å². The van der Waals surface area contributed by atoms with Crippen molar-refractivity contribution in [1.82, 2.24) is 24.6 Å². The van der Waals surface area contributed by atoms with Crippen LogP contribution in [0.4, 0.5) is 0 Å². The van der Waals surface area contributed by atoms with Crippen molar-refractivity contribution < 1.29 is 4.74 Å². The molecule has 1 atom stereocenters. The van der Waals surface area contributed by atoms with Gasteiger partial charge in [0.15, 0.2) is 0 Å². The standard InChI is InChI=1S/C18H21N5O2/c1-13-8-19-23(9-13)11-14-10-22(6-7-25-14)12-17-20-16-5-3-2-4-15(16)18(24)21-17/h2-5,8-9,14H,6-7,10-12H2,1H3,(H,20,21,24)/t14-/m1/s1. The number of H-pyrrole nitrogens is 1. The van der Waals surface area contributed by atoms with Gasteiger partial charge < -0.3 is 9.72 Å². The van der Waals surface area contributed by atoms with Crippen molar-refractivity contribution in [2.75, 3.05) is 19.7 Å². The minimum absolute atomic E-state index is 0.0835. The number of aryl methyl sites for hydroxylation is 1. The lowest BCUT2D eigenvalue weighted by Gasteiger charge is -2.32. The molecule has 7 heteroatoms. The first-order valence-corrected chi connectivity index (χ1v) is 8.48. The highest BCUT2D eigenvalue weighted by Crippen LogP contribution is 2.12. The molecular formula is C18H21N5O2. The van der Waals surface area contributed by atoms with Gasteiger partial charge in [0.2, 0.25) is 0 Å². The average Bonchev–Trinajstić information content (AvgIpc) is 3.00. The summed E-state index contributed by atoms with van der Waals surface area (Å²) in [5.41, 5.74) is 1.79. The van der Waals surface area contributed by atoms with E-state index < -0.39 is 0 Å². The minimum atomic E-state index is -0.0857. The number of hydrogen-bond acceptors (Lipinski definition) is 5. The third kappa shape index (κ3) is 3.62. The number of nitrogens with one attached hydrogen (secondary N) is 1. The van der Waals surface area contributed by atoms with Gasteiger partial charge in [0.05, 0.1) is 42.9 Å². The van der Waals surface area contributed by atoms with Crippen LogP contribution in [0.3, 0.4) is 0 Å². The molecule has 1 fully saturated rings. The van der Waals surface area contributed by atoms with Crippen molar-refractivity contribution in [1.29, 1.82) is 0 Å². The molecule has 0 spiro atoms. The van der Waals surface area contributed by atoms with Crippen LogP contribution in [0.1, 0.15) is 11.4 Å². The molecule has 3 heterocycles. The third-order valence-corrected chi connectivity index (χ3v) is 4.41. The molecule has 0 amide bonds. The van der Waals surface area contributed by atoms with Crippen LogP contribution >= 0.6 is 0 Å². The summed E-state index contributed by atoms with van der Waals surface area (Å²) < 4.78 is 7.77. The number of morpholine rings is 1. The van der Waals surface area contributed by atoms with Crippen LogP contribution in [-0.4, -0.2) is 50.4 Å². The molecule has 0 unspecified atom stereocenters. The Labute approximate surface area is 145 Å². The number of rotatable bonds is 4. The molecule has 25 heavy (non-hydrogen) atoms. The van der Waals surface area contributed by atoms with E-state index in [0.717, 1.165) is 30.7 Å². The number of hydrogen-bond donors (Lipinski definition) is 1. The van der Waals surface area contributed by atoms with Crippen molar-refractivity contribution in [2.24, 2.45) is 0 Å². The van der Waals surface area contributed by atoms with Crippen molar-refractivity contribution in [3.8, 4) is 0 Å². The number of nitrogens with zero attached hydrogens (tertiary/aromatic N) is 4. The Bertz CT molecular complexity index is 932. The summed E-state index contributed by atoms with van der Waals surface area (Å²) in [7, 11) is 0. The van der Waals surface area contributed by atoms with Gasteiger partial charge in [0.1, 0.15) is 5.82 Å². The molecule has 2 aromatic heterocycles. The maximum Gasteiger partial charge on any atom is 0.258 e. The predicted molar refractivity (Wildman–Crippen MR) is 94.3 cm³/mol. The molecule has 0 aliphatic carbocycles. The number of benzene rings is 1. The van der Waals surface area contributed by atoms with E-state index in [1.807, 2.05) is 42.2 Å². The SMILES string of the molecule is Cc1cnn(C[C@H]2CN(Cc3nc4ccccc4c(=O)[nH]3)CCO2)c1. The normalized spacial score (nSPS) is 18.7. The van der Waals surface area contributed by atoms with E-state index in [1.54, 1.807) is 6.07 Å². The second-order valence-corrected chi connectivity index (χ2v) is 6.50. The van der Waals surface area contributed by atoms with Crippen LogP contribution in [0.5, 0.6) is 0 Å². The van der Waals surface area contributed by atoms with Crippen LogP contribution in [0.15, 0.2) is 41.5 Å². The van der Waals surface area contributed by atoms with E-state index >= 15 is 0 Å². The largest absolute Gasteiger partial charge is 0.374 e. The summed E-state index contributed by atoms with van der Waals surface area (Å²) in [5.74, 6) is 0.694. The minimum Gasteiger partial charge on any atom is -0.374 e. The summed E-state index contributed by atoms with van der Waals surface area (Å²) in [6, 6.07) is 7.41. The summed E-state index contributed by atoms with van der Waals surface area (Å²) in [6.07, 6.45) is 3.95. The summed E-state index contributed by atoms with van der Waals surface area (Å²) >= 11 is 0. The molecule has 0 bridgehead atoms. The van der Waals surface area contributed by atoms with Gasteiger partial charge in [-0.1, -0.05) is 12.1 Å². The molecule has 1 aromatic carbocycles. The van der Waals surface area contributed by atoms with E-state index in [2.05, 4.69) is 20.0 Å². The Morgan fingerprint density at radius 1 is 1.36 bits per heavy atom. The highest BCUT2D eigenvalue weighted by Gasteiger charge is 2.22. The quantitative estimate of drug-likeness (QED) is 0.776. The Kier molecular flexibility index (Phi) is 4.33.